The molecule has 116 valence electrons. The Morgan fingerprint density at radius 2 is 2.00 bits per heavy atom. The lowest BCUT2D eigenvalue weighted by Crippen LogP contribution is -2.49. The molecular weight excluding hydrogens is 263 g/mol. The first-order valence-electron chi connectivity index (χ1n) is 8.44. The quantitative estimate of drug-likeness (QED) is 0.892. The van der Waals surface area contributed by atoms with Crippen LogP contribution in [0.1, 0.15) is 50.5 Å². The lowest BCUT2D eigenvalue weighted by atomic mass is 9.75. The zero-order valence-corrected chi connectivity index (χ0v) is 13.0. The van der Waals surface area contributed by atoms with Crippen LogP contribution in [0, 0.1) is 5.82 Å². The molecule has 0 spiro atoms. The molecule has 2 nitrogen and oxygen atoms in total. The fourth-order valence-corrected chi connectivity index (χ4v) is 3.77. The van der Waals surface area contributed by atoms with E-state index in [1.165, 1.54) is 45.0 Å². The fraction of sp³-hybridized carbons (Fsp3) is 0.667. The van der Waals surface area contributed by atoms with E-state index in [9.17, 15) is 4.39 Å². The second-order valence-electron chi connectivity index (χ2n) is 6.85. The second kappa shape index (κ2) is 6.89. The highest BCUT2D eigenvalue weighted by atomic mass is 19.1. The summed E-state index contributed by atoms with van der Waals surface area (Å²) in [5, 5.41) is 3.74. The molecular formula is C18H27FN2. The number of halogens is 1. The highest BCUT2D eigenvalue weighted by molar-refractivity contribution is 5.23. The summed E-state index contributed by atoms with van der Waals surface area (Å²) >= 11 is 0. The topological polar surface area (TPSA) is 15.3 Å². The maximum atomic E-state index is 13.2. The standard InChI is InChI=1S/C18H27FN2/c1-14(13-21-8-3-2-4-9-21)20-18-11-16(12-18)15-6-5-7-17(19)10-15/h5-7,10,14,16,18,20H,2-4,8-9,11-13H2,1H3. The highest BCUT2D eigenvalue weighted by Crippen LogP contribution is 2.37. The van der Waals surface area contributed by atoms with Crippen molar-refractivity contribution in [2.45, 2.75) is 57.0 Å². The van der Waals surface area contributed by atoms with E-state index >= 15 is 0 Å². The molecule has 3 heteroatoms. The van der Waals surface area contributed by atoms with E-state index in [0.29, 0.717) is 18.0 Å². The van der Waals surface area contributed by atoms with Crippen LogP contribution in [0.2, 0.25) is 0 Å². The predicted molar refractivity (Wildman–Crippen MR) is 85.1 cm³/mol. The monoisotopic (exact) mass is 290 g/mol. The Balaban J connectivity index is 1.40. The SMILES string of the molecule is CC(CN1CCCCC1)NC1CC(c2cccc(F)c2)C1. The van der Waals surface area contributed by atoms with Gasteiger partial charge in [0.2, 0.25) is 0 Å². The number of benzene rings is 1. The molecule has 1 atom stereocenters. The molecule has 1 unspecified atom stereocenters. The van der Waals surface area contributed by atoms with Gasteiger partial charge in [-0.3, -0.25) is 0 Å². The van der Waals surface area contributed by atoms with Gasteiger partial charge in [-0.05, 0) is 69.3 Å². The summed E-state index contributed by atoms with van der Waals surface area (Å²) in [6, 6.07) is 8.27. The Bertz CT molecular complexity index is 450. The summed E-state index contributed by atoms with van der Waals surface area (Å²) in [5.41, 5.74) is 1.16. The summed E-state index contributed by atoms with van der Waals surface area (Å²) in [6.07, 6.45) is 6.41. The highest BCUT2D eigenvalue weighted by Gasteiger charge is 2.31. The maximum Gasteiger partial charge on any atom is 0.123 e. The average molecular weight is 290 g/mol. The molecule has 3 rings (SSSR count). The van der Waals surface area contributed by atoms with Crippen molar-refractivity contribution >= 4 is 0 Å². The molecule has 2 fully saturated rings. The van der Waals surface area contributed by atoms with Gasteiger partial charge in [0.05, 0.1) is 0 Å². The van der Waals surface area contributed by atoms with E-state index in [2.05, 4.69) is 23.2 Å². The molecule has 1 aromatic rings. The van der Waals surface area contributed by atoms with Crippen LogP contribution in [0.3, 0.4) is 0 Å². The Morgan fingerprint density at radius 3 is 2.71 bits per heavy atom. The van der Waals surface area contributed by atoms with E-state index in [1.807, 2.05) is 6.07 Å². The lowest BCUT2D eigenvalue weighted by Gasteiger charge is -2.39. The van der Waals surface area contributed by atoms with Gasteiger partial charge >= 0.3 is 0 Å². The van der Waals surface area contributed by atoms with E-state index in [-0.39, 0.29) is 5.82 Å². The van der Waals surface area contributed by atoms with Crippen molar-refractivity contribution in [3.63, 3.8) is 0 Å². The van der Waals surface area contributed by atoms with Crippen molar-refractivity contribution in [3.05, 3.63) is 35.6 Å². The molecule has 0 aromatic heterocycles. The minimum Gasteiger partial charge on any atom is -0.310 e. The number of rotatable bonds is 5. The first kappa shape index (κ1) is 15.0. The maximum absolute atomic E-state index is 13.2. The summed E-state index contributed by atoms with van der Waals surface area (Å²) in [5.74, 6) is 0.433. The Kier molecular flexibility index (Phi) is 4.91. The molecule has 2 aliphatic rings. The predicted octanol–water partition coefficient (Wildman–Crippen LogP) is 3.54. The summed E-state index contributed by atoms with van der Waals surface area (Å²) in [7, 11) is 0. The van der Waals surface area contributed by atoms with Crippen LogP contribution in [0.4, 0.5) is 4.39 Å². The van der Waals surface area contributed by atoms with E-state index in [1.54, 1.807) is 6.07 Å². The van der Waals surface area contributed by atoms with Crippen LogP contribution >= 0.6 is 0 Å². The van der Waals surface area contributed by atoms with Gasteiger partial charge in [0.15, 0.2) is 0 Å². The van der Waals surface area contributed by atoms with Gasteiger partial charge in [-0.15, -0.1) is 0 Å². The largest absolute Gasteiger partial charge is 0.310 e. The van der Waals surface area contributed by atoms with Crippen molar-refractivity contribution in [2.75, 3.05) is 19.6 Å². The smallest absolute Gasteiger partial charge is 0.123 e. The third-order valence-electron chi connectivity index (χ3n) is 4.96. The number of piperidine rings is 1. The van der Waals surface area contributed by atoms with E-state index < -0.39 is 0 Å². The summed E-state index contributed by atoms with van der Waals surface area (Å²) in [4.78, 5) is 2.59. The van der Waals surface area contributed by atoms with Gasteiger partial charge in [0.25, 0.3) is 0 Å². The number of likely N-dealkylation sites (tertiary alicyclic amines) is 1. The van der Waals surface area contributed by atoms with Crippen LogP contribution in [0.15, 0.2) is 24.3 Å². The number of hydrogen-bond acceptors (Lipinski definition) is 2. The minimum absolute atomic E-state index is 0.109. The van der Waals surface area contributed by atoms with Gasteiger partial charge in [0.1, 0.15) is 5.82 Å². The average Bonchev–Trinajstić information content (AvgIpc) is 2.43. The van der Waals surface area contributed by atoms with Crippen molar-refractivity contribution in [1.29, 1.82) is 0 Å². The van der Waals surface area contributed by atoms with E-state index in [0.717, 1.165) is 18.4 Å². The molecule has 0 amide bonds. The third-order valence-corrected chi connectivity index (χ3v) is 4.96. The summed E-state index contributed by atoms with van der Waals surface area (Å²) in [6.45, 7) is 6.00. The normalized spacial score (nSPS) is 28.1. The van der Waals surface area contributed by atoms with Gasteiger partial charge in [-0.1, -0.05) is 18.6 Å². The van der Waals surface area contributed by atoms with Gasteiger partial charge in [0, 0.05) is 18.6 Å². The van der Waals surface area contributed by atoms with Crippen LogP contribution in [0.25, 0.3) is 0 Å². The molecule has 1 aliphatic heterocycles. The number of hydrogen-bond donors (Lipinski definition) is 1. The van der Waals surface area contributed by atoms with Gasteiger partial charge in [-0.25, -0.2) is 4.39 Å². The van der Waals surface area contributed by atoms with Gasteiger partial charge in [-0.2, -0.15) is 0 Å². The Morgan fingerprint density at radius 1 is 1.24 bits per heavy atom. The Labute approximate surface area is 127 Å². The van der Waals surface area contributed by atoms with E-state index in [4.69, 9.17) is 0 Å². The van der Waals surface area contributed by atoms with Crippen LogP contribution in [-0.2, 0) is 0 Å². The second-order valence-corrected chi connectivity index (χ2v) is 6.85. The number of nitrogens with one attached hydrogen (secondary N) is 1. The third kappa shape index (κ3) is 4.04. The molecule has 1 saturated carbocycles. The van der Waals surface area contributed by atoms with Crippen molar-refractivity contribution < 1.29 is 4.39 Å². The van der Waals surface area contributed by atoms with Crippen molar-refractivity contribution in [3.8, 4) is 0 Å². The van der Waals surface area contributed by atoms with Gasteiger partial charge < -0.3 is 10.2 Å². The molecule has 1 heterocycles. The van der Waals surface area contributed by atoms with Crippen molar-refractivity contribution in [1.82, 2.24) is 10.2 Å². The fourth-order valence-electron chi connectivity index (χ4n) is 3.77. The minimum atomic E-state index is -0.109. The lowest BCUT2D eigenvalue weighted by molar-refractivity contribution is 0.187. The molecule has 0 bridgehead atoms. The number of nitrogens with zero attached hydrogens (tertiary/aromatic N) is 1. The molecule has 1 aliphatic carbocycles. The van der Waals surface area contributed by atoms with Crippen LogP contribution in [0.5, 0.6) is 0 Å². The Hall–Kier alpha value is -0.930. The first-order valence-corrected chi connectivity index (χ1v) is 8.44. The van der Waals surface area contributed by atoms with Crippen molar-refractivity contribution in [2.24, 2.45) is 0 Å². The summed E-state index contributed by atoms with van der Waals surface area (Å²) < 4.78 is 13.2. The first-order chi connectivity index (χ1) is 10.2. The zero-order valence-electron chi connectivity index (χ0n) is 13.0. The molecule has 21 heavy (non-hydrogen) atoms. The molecule has 1 saturated heterocycles. The molecule has 1 aromatic carbocycles. The molecule has 1 N–H and O–H groups in total. The molecule has 0 radical (unpaired) electrons. The van der Waals surface area contributed by atoms with Crippen LogP contribution in [-0.4, -0.2) is 36.6 Å². The van der Waals surface area contributed by atoms with Crippen LogP contribution < -0.4 is 5.32 Å². The zero-order chi connectivity index (χ0) is 14.7.